The van der Waals surface area contributed by atoms with E-state index in [4.69, 9.17) is 26.5 Å². The molecule has 4 rings (SSSR count). The maximum Gasteiger partial charge on any atom is 0.258 e. The summed E-state index contributed by atoms with van der Waals surface area (Å²) < 4.78 is 11.0. The Bertz CT molecular complexity index is 1120. The number of nitrogens with one attached hydrogen (secondary N) is 1. The average Bonchev–Trinajstić information content (AvgIpc) is 3.23. The molecule has 6 nitrogen and oxygen atoms in total. The van der Waals surface area contributed by atoms with Crippen molar-refractivity contribution in [2.75, 3.05) is 20.3 Å². The van der Waals surface area contributed by atoms with Crippen molar-refractivity contribution < 1.29 is 9.26 Å². The van der Waals surface area contributed by atoms with E-state index in [0.29, 0.717) is 30.0 Å². The highest BCUT2D eigenvalue weighted by Crippen LogP contribution is 2.37. The summed E-state index contributed by atoms with van der Waals surface area (Å²) in [5.74, 6) is 1.05. The van der Waals surface area contributed by atoms with Crippen LogP contribution in [0.1, 0.15) is 35.5 Å². The van der Waals surface area contributed by atoms with Crippen LogP contribution >= 0.6 is 12.2 Å². The highest BCUT2D eigenvalue weighted by atomic mass is 32.1. The average molecular weight is 435 g/mol. The quantitative estimate of drug-likeness (QED) is 0.566. The van der Waals surface area contributed by atoms with E-state index in [1.807, 2.05) is 43.0 Å². The number of hydrogen-bond acceptors (Lipinski definition) is 5. The number of rotatable bonds is 6. The standard InChI is InChI=1S/C24H26N4O2S/c1-15-8-10-18(11-9-15)21-20(17(3)28(12-13-29-4)24(31)25-21)23-26-22(27-30-23)19-7-5-6-16(2)14-19/h5-11,14,21H,12-13H2,1-4H3,(H,25,31). The van der Waals surface area contributed by atoms with Gasteiger partial charge in [-0.2, -0.15) is 4.98 Å². The summed E-state index contributed by atoms with van der Waals surface area (Å²) in [6.07, 6.45) is 0. The van der Waals surface area contributed by atoms with E-state index in [1.54, 1.807) is 7.11 Å². The van der Waals surface area contributed by atoms with E-state index in [2.05, 4.69) is 41.7 Å². The molecule has 1 unspecified atom stereocenters. The Morgan fingerprint density at radius 2 is 1.87 bits per heavy atom. The third kappa shape index (κ3) is 4.38. The minimum Gasteiger partial charge on any atom is -0.383 e. The third-order valence-electron chi connectivity index (χ3n) is 5.46. The number of hydrogen-bond donors (Lipinski definition) is 1. The van der Waals surface area contributed by atoms with Crippen LogP contribution < -0.4 is 5.32 Å². The van der Waals surface area contributed by atoms with Crippen molar-refractivity contribution in [2.45, 2.75) is 26.8 Å². The summed E-state index contributed by atoms with van der Waals surface area (Å²) >= 11 is 5.68. The second kappa shape index (κ2) is 8.99. The number of allylic oxidation sites excluding steroid dienone is 1. The molecule has 1 atom stereocenters. The molecule has 0 radical (unpaired) electrons. The van der Waals surface area contributed by atoms with Gasteiger partial charge < -0.3 is 19.5 Å². The molecule has 31 heavy (non-hydrogen) atoms. The number of ether oxygens (including phenoxy) is 1. The van der Waals surface area contributed by atoms with Gasteiger partial charge in [-0.1, -0.05) is 58.7 Å². The minimum atomic E-state index is -0.183. The summed E-state index contributed by atoms with van der Waals surface area (Å²) in [5.41, 5.74) is 6.25. The Balaban J connectivity index is 1.80. The van der Waals surface area contributed by atoms with Crippen molar-refractivity contribution in [3.8, 4) is 11.4 Å². The van der Waals surface area contributed by atoms with Gasteiger partial charge in [0.25, 0.3) is 5.89 Å². The number of thiocarbonyl (C=S) groups is 1. The van der Waals surface area contributed by atoms with Crippen molar-refractivity contribution in [2.24, 2.45) is 0 Å². The first-order valence-corrected chi connectivity index (χ1v) is 10.6. The van der Waals surface area contributed by atoms with E-state index < -0.39 is 0 Å². The molecule has 0 bridgehead atoms. The number of benzene rings is 2. The zero-order valence-corrected chi connectivity index (χ0v) is 19.0. The fraction of sp³-hybridized carbons (Fsp3) is 0.292. The van der Waals surface area contributed by atoms with Crippen LogP contribution in [-0.2, 0) is 4.74 Å². The molecule has 0 fully saturated rings. The Morgan fingerprint density at radius 1 is 1.10 bits per heavy atom. The van der Waals surface area contributed by atoms with Crippen molar-refractivity contribution >= 4 is 22.9 Å². The second-order valence-corrected chi connectivity index (χ2v) is 8.12. The molecule has 0 saturated heterocycles. The van der Waals surface area contributed by atoms with Crippen LogP contribution in [0.5, 0.6) is 0 Å². The predicted octanol–water partition coefficient (Wildman–Crippen LogP) is 4.66. The lowest BCUT2D eigenvalue weighted by Gasteiger charge is -2.37. The highest BCUT2D eigenvalue weighted by Gasteiger charge is 2.33. The van der Waals surface area contributed by atoms with Gasteiger partial charge in [-0.15, -0.1) is 0 Å². The van der Waals surface area contributed by atoms with Gasteiger partial charge in [-0.25, -0.2) is 0 Å². The van der Waals surface area contributed by atoms with Gasteiger partial charge in [0.05, 0.1) is 18.2 Å². The summed E-state index contributed by atoms with van der Waals surface area (Å²) in [7, 11) is 1.68. The highest BCUT2D eigenvalue weighted by molar-refractivity contribution is 7.80. The lowest BCUT2D eigenvalue weighted by molar-refractivity contribution is 0.183. The van der Waals surface area contributed by atoms with Crippen LogP contribution in [0, 0.1) is 13.8 Å². The van der Waals surface area contributed by atoms with Gasteiger partial charge in [0, 0.05) is 24.9 Å². The zero-order valence-electron chi connectivity index (χ0n) is 18.2. The maximum absolute atomic E-state index is 5.77. The van der Waals surface area contributed by atoms with Gasteiger partial charge in [-0.3, -0.25) is 0 Å². The molecule has 7 heteroatoms. The molecular formula is C24H26N4O2S. The monoisotopic (exact) mass is 434 g/mol. The fourth-order valence-corrected chi connectivity index (χ4v) is 4.10. The van der Waals surface area contributed by atoms with Crippen LogP contribution in [0.4, 0.5) is 0 Å². The molecule has 2 heterocycles. The molecule has 1 aromatic heterocycles. The van der Waals surface area contributed by atoms with Crippen molar-refractivity contribution in [1.82, 2.24) is 20.4 Å². The van der Waals surface area contributed by atoms with Crippen LogP contribution in [0.2, 0.25) is 0 Å². The molecule has 1 aliphatic heterocycles. The normalized spacial score (nSPS) is 16.6. The van der Waals surface area contributed by atoms with Crippen LogP contribution in [0.25, 0.3) is 17.0 Å². The van der Waals surface area contributed by atoms with Gasteiger partial charge >= 0.3 is 0 Å². The first kappa shape index (κ1) is 21.2. The molecule has 1 aliphatic rings. The van der Waals surface area contributed by atoms with Crippen LogP contribution in [0.15, 0.2) is 58.8 Å². The Hall–Kier alpha value is -3.03. The number of nitrogens with zero attached hydrogens (tertiary/aromatic N) is 3. The summed E-state index contributed by atoms with van der Waals surface area (Å²) in [4.78, 5) is 6.78. The first-order valence-electron chi connectivity index (χ1n) is 10.2. The second-order valence-electron chi connectivity index (χ2n) is 7.73. The van der Waals surface area contributed by atoms with Gasteiger partial charge in [0.1, 0.15) is 0 Å². The molecule has 1 N–H and O–H groups in total. The molecule has 2 aromatic carbocycles. The molecule has 3 aromatic rings. The van der Waals surface area contributed by atoms with E-state index in [0.717, 1.165) is 28.0 Å². The minimum absolute atomic E-state index is 0.183. The van der Waals surface area contributed by atoms with E-state index in [9.17, 15) is 0 Å². The molecule has 0 saturated carbocycles. The van der Waals surface area contributed by atoms with Gasteiger partial charge in [0.15, 0.2) is 5.11 Å². The van der Waals surface area contributed by atoms with Crippen LogP contribution in [0.3, 0.4) is 0 Å². The number of aromatic nitrogens is 2. The molecule has 160 valence electrons. The van der Waals surface area contributed by atoms with E-state index in [1.165, 1.54) is 5.56 Å². The Morgan fingerprint density at radius 3 is 2.58 bits per heavy atom. The fourth-order valence-electron chi connectivity index (χ4n) is 3.75. The number of methoxy groups -OCH3 is 1. The number of aryl methyl sites for hydroxylation is 2. The largest absolute Gasteiger partial charge is 0.383 e. The molecule has 0 spiro atoms. The lowest BCUT2D eigenvalue weighted by atomic mass is 9.94. The lowest BCUT2D eigenvalue weighted by Crippen LogP contribution is -2.47. The Labute approximate surface area is 187 Å². The molecule has 0 amide bonds. The van der Waals surface area contributed by atoms with Crippen molar-refractivity contribution in [3.63, 3.8) is 0 Å². The smallest absolute Gasteiger partial charge is 0.258 e. The molecule has 0 aliphatic carbocycles. The summed E-state index contributed by atoms with van der Waals surface area (Å²) in [5, 5.41) is 8.38. The molecular weight excluding hydrogens is 408 g/mol. The zero-order chi connectivity index (χ0) is 22.0. The topological polar surface area (TPSA) is 63.4 Å². The first-order chi connectivity index (χ1) is 15.0. The summed E-state index contributed by atoms with van der Waals surface area (Å²) in [6.45, 7) is 7.35. The SMILES string of the molecule is COCCN1C(=S)NC(c2ccc(C)cc2)C(c2nc(-c3cccc(C)c3)no2)=C1C. The van der Waals surface area contributed by atoms with Crippen molar-refractivity contribution in [1.29, 1.82) is 0 Å². The van der Waals surface area contributed by atoms with Gasteiger partial charge in [-0.05, 0) is 44.6 Å². The van der Waals surface area contributed by atoms with Crippen LogP contribution in [-0.4, -0.2) is 40.4 Å². The summed E-state index contributed by atoms with van der Waals surface area (Å²) in [6, 6.07) is 16.3. The maximum atomic E-state index is 5.77. The predicted molar refractivity (Wildman–Crippen MR) is 125 cm³/mol. The Kier molecular flexibility index (Phi) is 6.15. The van der Waals surface area contributed by atoms with E-state index in [-0.39, 0.29) is 6.04 Å². The third-order valence-corrected chi connectivity index (χ3v) is 5.80. The van der Waals surface area contributed by atoms with E-state index >= 15 is 0 Å². The van der Waals surface area contributed by atoms with Crippen molar-refractivity contribution in [3.05, 3.63) is 76.8 Å². The van der Waals surface area contributed by atoms with Gasteiger partial charge in [0.2, 0.25) is 5.82 Å².